The van der Waals surface area contributed by atoms with Crippen LogP contribution in [0.3, 0.4) is 0 Å². The second-order valence-electron chi connectivity index (χ2n) is 11.5. The van der Waals surface area contributed by atoms with Gasteiger partial charge in [0.05, 0.1) is 24.1 Å². The Bertz CT molecular complexity index is 1740. The first-order chi connectivity index (χ1) is 21.0. The van der Waals surface area contributed by atoms with Gasteiger partial charge in [-0.25, -0.2) is 9.97 Å². The number of hydrogen-bond donors (Lipinski definition) is 0. The molecule has 1 amide bonds. The molecule has 44 heavy (non-hydrogen) atoms. The minimum absolute atomic E-state index is 0.0568. The summed E-state index contributed by atoms with van der Waals surface area (Å²) < 4.78 is 45.2. The van der Waals surface area contributed by atoms with Crippen molar-refractivity contribution in [1.29, 1.82) is 0 Å². The molecule has 2 saturated heterocycles. The average Bonchev–Trinajstić information content (AvgIpc) is 3.48. The number of para-hydroxylation sites is 1. The van der Waals surface area contributed by atoms with Crippen LogP contribution in [0.2, 0.25) is 0 Å². The lowest BCUT2D eigenvalue weighted by atomic mass is 10.1. The van der Waals surface area contributed by atoms with Gasteiger partial charge in [-0.3, -0.25) is 19.0 Å². The van der Waals surface area contributed by atoms with Crippen molar-refractivity contribution in [1.82, 2.24) is 24.2 Å². The summed E-state index contributed by atoms with van der Waals surface area (Å²) in [6.45, 7) is 4.69. The van der Waals surface area contributed by atoms with Crippen LogP contribution in [0.25, 0.3) is 22.0 Å². The van der Waals surface area contributed by atoms with Crippen LogP contribution in [-0.4, -0.2) is 80.9 Å². The Morgan fingerprint density at radius 2 is 1.86 bits per heavy atom. The van der Waals surface area contributed by atoms with Crippen LogP contribution in [0, 0.1) is 0 Å². The molecule has 2 fully saturated rings. The van der Waals surface area contributed by atoms with Crippen molar-refractivity contribution in [3.63, 3.8) is 0 Å². The first kappa shape index (κ1) is 29.7. The number of benzene rings is 2. The van der Waals surface area contributed by atoms with Gasteiger partial charge in [0.25, 0.3) is 11.5 Å². The van der Waals surface area contributed by atoms with Gasteiger partial charge in [0, 0.05) is 56.2 Å². The molecule has 4 heterocycles. The number of carbonyl (C=O) groups excluding carboxylic acids is 1. The summed E-state index contributed by atoms with van der Waals surface area (Å²) in [6, 6.07) is 11.9. The summed E-state index contributed by atoms with van der Waals surface area (Å²) >= 11 is 0. The minimum atomic E-state index is -2.96. The lowest BCUT2D eigenvalue weighted by molar-refractivity contribution is -0.161. The van der Waals surface area contributed by atoms with E-state index >= 15 is 0 Å². The highest BCUT2D eigenvalue weighted by Gasteiger charge is 2.41. The molecular formula is C31H34F2N6O5. The quantitative estimate of drug-likeness (QED) is 0.314. The topological polar surface area (TPSA) is 104 Å². The number of nitrogens with zero attached hydrogens (tertiary/aromatic N) is 6. The van der Waals surface area contributed by atoms with E-state index in [0.29, 0.717) is 42.0 Å². The summed E-state index contributed by atoms with van der Waals surface area (Å²) in [5, 5.41) is 0.501. The van der Waals surface area contributed by atoms with Gasteiger partial charge in [0.2, 0.25) is 5.95 Å². The number of aromatic nitrogens is 4. The molecule has 2 unspecified atom stereocenters. The average molecular weight is 609 g/mol. The van der Waals surface area contributed by atoms with Crippen molar-refractivity contribution in [2.45, 2.75) is 51.9 Å². The van der Waals surface area contributed by atoms with E-state index in [1.54, 1.807) is 62.2 Å². The zero-order valence-corrected chi connectivity index (χ0v) is 24.9. The number of rotatable bonds is 7. The molecule has 13 heteroatoms. The van der Waals surface area contributed by atoms with E-state index in [-0.39, 0.29) is 36.4 Å². The van der Waals surface area contributed by atoms with Crippen molar-refractivity contribution in [3.05, 3.63) is 70.8 Å². The first-order valence-electron chi connectivity index (χ1n) is 14.4. The summed E-state index contributed by atoms with van der Waals surface area (Å²) in [6.07, 6.45) is 2.86. The van der Waals surface area contributed by atoms with E-state index in [1.807, 2.05) is 28.9 Å². The highest BCUT2D eigenvalue weighted by atomic mass is 19.3. The smallest absolute Gasteiger partial charge is 0.387 e. The number of amides is 1. The van der Waals surface area contributed by atoms with E-state index in [0.717, 1.165) is 11.1 Å². The maximum atomic E-state index is 13.1. The molecule has 232 valence electrons. The normalized spacial score (nSPS) is 20.1. The van der Waals surface area contributed by atoms with Crippen molar-refractivity contribution >= 4 is 22.8 Å². The Kier molecular flexibility index (Phi) is 7.84. The van der Waals surface area contributed by atoms with Gasteiger partial charge in [-0.15, -0.1) is 0 Å². The SMILES string of the molecule is CC1CN(c2ncc(-c3ccc4c(=O)n(C)n(Cc5ccccc5OC(F)F)c4c3)cn2)CCN1C(=O)C1COC(C)(C)O1. The van der Waals surface area contributed by atoms with Gasteiger partial charge in [-0.1, -0.05) is 24.3 Å². The maximum Gasteiger partial charge on any atom is 0.387 e. The Balaban J connectivity index is 1.19. The largest absolute Gasteiger partial charge is 0.434 e. The highest BCUT2D eigenvalue weighted by molar-refractivity contribution is 5.84. The van der Waals surface area contributed by atoms with Gasteiger partial charge < -0.3 is 24.0 Å². The molecule has 0 spiro atoms. The fourth-order valence-corrected chi connectivity index (χ4v) is 5.84. The van der Waals surface area contributed by atoms with E-state index in [1.165, 1.54) is 10.7 Å². The van der Waals surface area contributed by atoms with Crippen LogP contribution in [0.1, 0.15) is 26.3 Å². The fraction of sp³-hybridized carbons (Fsp3) is 0.419. The molecule has 6 rings (SSSR count). The van der Waals surface area contributed by atoms with E-state index < -0.39 is 18.5 Å². The zero-order valence-electron chi connectivity index (χ0n) is 24.9. The van der Waals surface area contributed by atoms with Gasteiger partial charge in [0.1, 0.15) is 5.75 Å². The number of halogens is 2. The molecule has 2 atom stereocenters. The zero-order chi connectivity index (χ0) is 31.2. The molecule has 0 saturated carbocycles. The van der Waals surface area contributed by atoms with Gasteiger partial charge in [-0.05, 0) is 44.5 Å². The third-order valence-electron chi connectivity index (χ3n) is 8.12. The minimum Gasteiger partial charge on any atom is -0.434 e. The number of anilines is 1. The third kappa shape index (κ3) is 5.76. The summed E-state index contributed by atoms with van der Waals surface area (Å²) in [4.78, 5) is 39.2. The molecule has 4 aromatic rings. The monoisotopic (exact) mass is 608 g/mol. The number of carbonyl (C=O) groups is 1. The number of ether oxygens (including phenoxy) is 3. The predicted molar refractivity (Wildman–Crippen MR) is 159 cm³/mol. The molecule has 2 aromatic heterocycles. The summed E-state index contributed by atoms with van der Waals surface area (Å²) in [7, 11) is 1.64. The van der Waals surface area contributed by atoms with Crippen molar-refractivity contribution < 1.29 is 27.8 Å². The molecule has 2 aliphatic rings. The molecule has 0 N–H and O–H groups in total. The summed E-state index contributed by atoms with van der Waals surface area (Å²) in [5.74, 6) is -0.219. The first-order valence-corrected chi connectivity index (χ1v) is 14.4. The Morgan fingerprint density at radius 3 is 2.55 bits per heavy atom. The Morgan fingerprint density at radius 1 is 1.11 bits per heavy atom. The van der Waals surface area contributed by atoms with E-state index in [9.17, 15) is 18.4 Å². The Hall–Kier alpha value is -4.36. The molecule has 11 nitrogen and oxygen atoms in total. The number of piperazine rings is 1. The van der Waals surface area contributed by atoms with Crippen LogP contribution in [0.4, 0.5) is 14.7 Å². The van der Waals surface area contributed by atoms with Crippen molar-refractivity contribution in [2.75, 3.05) is 31.1 Å². The number of alkyl halides is 2. The standard InChI is InChI=1S/C31H34F2N6O5/c1-19-16-37(11-12-38(19)28(41)26-18-42-31(2,3)44-26)30-34-14-22(15-35-30)20-9-10-23-24(13-20)39(36(4)27(23)40)17-21-7-5-6-8-25(21)43-29(32)33/h5-10,13-15,19,26,29H,11-12,16-18H2,1-4H3. The molecular weight excluding hydrogens is 574 g/mol. The van der Waals surface area contributed by atoms with Gasteiger partial charge >= 0.3 is 6.61 Å². The fourth-order valence-electron chi connectivity index (χ4n) is 5.84. The van der Waals surface area contributed by atoms with Crippen molar-refractivity contribution in [2.24, 2.45) is 7.05 Å². The van der Waals surface area contributed by atoms with Crippen LogP contribution >= 0.6 is 0 Å². The second-order valence-corrected chi connectivity index (χ2v) is 11.5. The number of hydrogen-bond acceptors (Lipinski definition) is 8. The van der Waals surface area contributed by atoms with Crippen LogP contribution in [0.5, 0.6) is 5.75 Å². The second kappa shape index (κ2) is 11.6. The molecule has 0 aliphatic carbocycles. The lowest BCUT2D eigenvalue weighted by Crippen LogP contribution is -2.57. The number of fused-ring (bicyclic) bond motifs is 1. The van der Waals surface area contributed by atoms with Crippen LogP contribution in [0.15, 0.2) is 59.7 Å². The summed E-state index contributed by atoms with van der Waals surface area (Å²) in [5.41, 5.74) is 2.50. The van der Waals surface area contributed by atoms with Crippen LogP contribution in [-0.2, 0) is 27.9 Å². The Labute approximate surface area is 252 Å². The van der Waals surface area contributed by atoms with E-state index in [4.69, 9.17) is 14.2 Å². The lowest BCUT2D eigenvalue weighted by Gasteiger charge is -2.40. The van der Waals surface area contributed by atoms with E-state index in [2.05, 4.69) is 9.97 Å². The molecule has 0 radical (unpaired) electrons. The molecule has 0 bridgehead atoms. The predicted octanol–water partition coefficient (Wildman–Crippen LogP) is 3.64. The third-order valence-corrected chi connectivity index (χ3v) is 8.12. The van der Waals surface area contributed by atoms with Gasteiger partial charge in [0.15, 0.2) is 11.9 Å². The molecule has 2 aromatic carbocycles. The van der Waals surface area contributed by atoms with Crippen molar-refractivity contribution in [3.8, 4) is 16.9 Å². The van der Waals surface area contributed by atoms with Gasteiger partial charge in [-0.2, -0.15) is 8.78 Å². The van der Waals surface area contributed by atoms with Crippen LogP contribution < -0.4 is 15.2 Å². The highest BCUT2D eigenvalue weighted by Crippen LogP contribution is 2.28. The maximum absolute atomic E-state index is 13.1. The molecule has 2 aliphatic heterocycles.